The van der Waals surface area contributed by atoms with Gasteiger partial charge in [-0.2, -0.15) is 0 Å². The molecule has 98 valence electrons. The fourth-order valence-corrected chi connectivity index (χ4v) is 2.54. The van der Waals surface area contributed by atoms with Crippen LogP contribution >= 0.6 is 0 Å². The highest BCUT2D eigenvalue weighted by atomic mass is 28.3. The van der Waals surface area contributed by atoms with E-state index in [1.807, 2.05) is 13.8 Å². The molecule has 1 aromatic rings. The molecule has 0 aromatic heterocycles. The van der Waals surface area contributed by atoms with Gasteiger partial charge in [-0.15, -0.1) is 5.54 Å². The molecule has 0 bridgehead atoms. The molecule has 1 rings (SSSR count). The van der Waals surface area contributed by atoms with Crippen molar-refractivity contribution in [3.63, 3.8) is 0 Å². The summed E-state index contributed by atoms with van der Waals surface area (Å²) in [6.45, 7) is 13.4. The minimum atomic E-state index is -1.38. The zero-order chi connectivity index (χ0) is 14.1. The molecule has 0 saturated heterocycles. The van der Waals surface area contributed by atoms with Gasteiger partial charge in [-0.05, 0) is 43.0 Å². The highest BCUT2D eigenvalue weighted by Gasteiger charge is 2.14. The molecule has 0 radical (unpaired) electrons. The maximum Gasteiger partial charge on any atom is 0.129 e. The predicted molar refractivity (Wildman–Crippen MR) is 83.2 cm³/mol. The molecule has 0 aliphatic carbocycles. The summed E-state index contributed by atoms with van der Waals surface area (Å²) < 4.78 is 0. The number of nitrogen functional groups attached to an aromatic ring is 1. The van der Waals surface area contributed by atoms with Gasteiger partial charge in [-0.1, -0.05) is 25.6 Å². The summed E-state index contributed by atoms with van der Waals surface area (Å²) in [6, 6.07) is 0. The van der Waals surface area contributed by atoms with Gasteiger partial charge in [0.15, 0.2) is 0 Å². The van der Waals surface area contributed by atoms with Crippen molar-refractivity contribution in [3.05, 3.63) is 27.8 Å². The minimum Gasteiger partial charge on any atom is -0.398 e. The lowest BCUT2D eigenvalue weighted by Crippen LogP contribution is -2.16. The smallest absolute Gasteiger partial charge is 0.129 e. The zero-order valence-electron chi connectivity index (χ0n) is 12.4. The van der Waals surface area contributed by atoms with Crippen LogP contribution in [0.3, 0.4) is 0 Å². The Morgan fingerprint density at radius 1 is 1.00 bits per heavy atom. The lowest BCUT2D eigenvalue weighted by molar-refractivity contribution is 1.02. The number of benzene rings is 1. The second kappa shape index (κ2) is 5.17. The summed E-state index contributed by atoms with van der Waals surface area (Å²) in [6.07, 6.45) is 0. The fourth-order valence-electron chi connectivity index (χ4n) is 2.04. The molecule has 0 spiro atoms. The second-order valence-electron chi connectivity index (χ2n) is 5.85. The number of rotatable bonds is 1. The van der Waals surface area contributed by atoms with Gasteiger partial charge in [-0.3, -0.25) is 0 Å². The zero-order valence-corrected chi connectivity index (χ0v) is 13.4. The Hall–Kier alpha value is -1.24. The van der Waals surface area contributed by atoms with E-state index >= 15 is 0 Å². The van der Waals surface area contributed by atoms with Crippen LogP contribution in [-0.4, -0.2) is 8.07 Å². The summed E-state index contributed by atoms with van der Waals surface area (Å²) in [7, 11) is -1.38. The molecule has 0 unspecified atom stereocenters. The van der Waals surface area contributed by atoms with Crippen molar-refractivity contribution in [1.82, 2.24) is 0 Å². The Balaban J connectivity index is 3.54. The van der Waals surface area contributed by atoms with Gasteiger partial charge in [0.1, 0.15) is 8.07 Å². The van der Waals surface area contributed by atoms with Crippen molar-refractivity contribution in [3.8, 4) is 11.5 Å². The Morgan fingerprint density at radius 3 is 2.00 bits per heavy atom. The largest absolute Gasteiger partial charge is 0.398 e. The standard InChI is InChI=1S/C15H24N2Si/c1-10-13(7-8-18(4,5)6)11(2)15(17)12(3)14(10)9-16/h9,16-17H2,1-6H3. The number of hydrogen-bond donors (Lipinski definition) is 2. The Labute approximate surface area is 112 Å². The number of hydrogen-bond acceptors (Lipinski definition) is 2. The third-order valence-corrected chi connectivity index (χ3v) is 4.10. The molecular formula is C15H24N2Si. The Bertz CT molecular complexity index is 528. The van der Waals surface area contributed by atoms with Gasteiger partial charge in [0.2, 0.25) is 0 Å². The average Bonchev–Trinajstić information content (AvgIpc) is 2.25. The average molecular weight is 260 g/mol. The fraction of sp³-hybridized carbons (Fsp3) is 0.467. The van der Waals surface area contributed by atoms with Crippen LogP contribution in [0.1, 0.15) is 27.8 Å². The van der Waals surface area contributed by atoms with E-state index in [1.165, 1.54) is 5.56 Å². The van der Waals surface area contributed by atoms with E-state index in [1.54, 1.807) is 0 Å². The first kappa shape index (κ1) is 14.8. The first-order chi connectivity index (χ1) is 8.19. The van der Waals surface area contributed by atoms with Crippen LogP contribution in [0.2, 0.25) is 19.6 Å². The van der Waals surface area contributed by atoms with Crippen molar-refractivity contribution in [2.75, 3.05) is 5.73 Å². The minimum absolute atomic E-state index is 0.518. The summed E-state index contributed by atoms with van der Waals surface area (Å²) in [5.74, 6) is 3.34. The van der Waals surface area contributed by atoms with Gasteiger partial charge < -0.3 is 11.5 Å². The second-order valence-corrected chi connectivity index (χ2v) is 10.6. The van der Waals surface area contributed by atoms with Crippen LogP contribution in [0.25, 0.3) is 0 Å². The van der Waals surface area contributed by atoms with E-state index in [0.29, 0.717) is 6.54 Å². The van der Waals surface area contributed by atoms with Crippen LogP contribution in [-0.2, 0) is 6.54 Å². The third kappa shape index (κ3) is 2.95. The van der Waals surface area contributed by atoms with Gasteiger partial charge in [0, 0.05) is 17.8 Å². The first-order valence-electron chi connectivity index (χ1n) is 6.30. The van der Waals surface area contributed by atoms with Crippen LogP contribution in [0, 0.1) is 32.2 Å². The predicted octanol–water partition coefficient (Wildman–Crippen LogP) is 2.88. The molecule has 1 aromatic carbocycles. The Morgan fingerprint density at radius 2 is 1.56 bits per heavy atom. The van der Waals surface area contributed by atoms with E-state index in [9.17, 15) is 0 Å². The number of anilines is 1. The summed E-state index contributed by atoms with van der Waals surface area (Å²) in [5.41, 5.74) is 21.8. The topological polar surface area (TPSA) is 52.0 Å². The maximum atomic E-state index is 6.16. The molecule has 0 saturated carbocycles. The number of nitrogens with two attached hydrogens (primary N) is 2. The van der Waals surface area contributed by atoms with E-state index in [-0.39, 0.29) is 0 Å². The van der Waals surface area contributed by atoms with Gasteiger partial charge >= 0.3 is 0 Å². The van der Waals surface area contributed by atoms with Crippen LogP contribution in [0.5, 0.6) is 0 Å². The van der Waals surface area contributed by atoms with Crippen molar-refractivity contribution >= 4 is 13.8 Å². The third-order valence-electron chi connectivity index (χ3n) is 3.23. The highest BCUT2D eigenvalue weighted by molar-refractivity contribution is 6.83. The molecule has 0 heterocycles. The van der Waals surface area contributed by atoms with Gasteiger partial charge in [0.25, 0.3) is 0 Å². The van der Waals surface area contributed by atoms with E-state index in [0.717, 1.165) is 27.9 Å². The van der Waals surface area contributed by atoms with E-state index in [4.69, 9.17) is 11.5 Å². The first-order valence-corrected chi connectivity index (χ1v) is 9.80. The van der Waals surface area contributed by atoms with Crippen molar-refractivity contribution in [1.29, 1.82) is 0 Å². The molecular weight excluding hydrogens is 236 g/mol. The molecule has 4 N–H and O–H groups in total. The van der Waals surface area contributed by atoms with Crippen LogP contribution in [0.15, 0.2) is 0 Å². The van der Waals surface area contributed by atoms with Crippen molar-refractivity contribution in [2.24, 2.45) is 5.73 Å². The van der Waals surface area contributed by atoms with Gasteiger partial charge in [-0.25, -0.2) is 0 Å². The van der Waals surface area contributed by atoms with Gasteiger partial charge in [0.05, 0.1) is 0 Å². The molecule has 0 atom stereocenters. The normalized spacial score (nSPS) is 11.1. The molecule has 0 fully saturated rings. The molecule has 18 heavy (non-hydrogen) atoms. The lowest BCUT2D eigenvalue weighted by Gasteiger charge is -2.16. The van der Waals surface area contributed by atoms with Crippen LogP contribution < -0.4 is 11.5 Å². The van der Waals surface area contributed by atoms with Crippen molar-refractivity contribution < 1.29 is 0 Å². The van der Waals surface area contributed by atoms with Crippen molar-refractivity contribution in [2.45, 2.75) is 47.0 Å². The summed E-state index contributed by atoms with van der Waals surface area (Å²) in [5, 5.41) is 0. The molecule has 2 nitrogen and oxygen atoms in total. The lowest BCUT2D eigenvalue weighted by atomic mass is 9.92. The quantitative estimate of drug-likeness (QED) is 0.463. The molecule has 3 heteroatoms. The molecule has 0 amide bonds. The highest BCUT2D eigenvalue weighted by Crippen LogP contribution is 2.28. The Kier molecular flexibility index (Phi) is 4.26. The monoisotopic (exact) mass is 260 g/mol. The summed E-state index contributed by atoms with van der Waals surface area (Å²) >= 11 is 0. The molecule has 0 aliphatic heterocycles. The SMILES string of the molecule is Cc1c(N)c(C)c(CN)c(C)c1C#C[Si](C)(C)C. The van der Waals surface area contributed by atoms with E-state index in [2.05, 4.69) is 38.0 Å². The summed E-state index contributed by atoms with van der Waals surface area (Å²) in [4.78, 5) is 0. The van der Waals surface area contributed by atoms with Crippen LogP contribution in [0.4, 0.5) is 5.69 Å². The molecule has 0 aliphatic rings. The van der Waals surface area contributed by atoms with E-state index < -0.39 is 8.07 Å². The maximum absolute atomic E-state index is 6.16.